The first-order valence-electron chi connectivity index (χ1n) is 7.52. The standard InChI is InChI=1S/C17H24FNO3/c1-12(2)10-19(11-17(21)22)16(20)8-13(3)7-14-5-4-6-15(18)9-14/h4-6,9,12-13H,7-8,10-11H2,1-3H3,(H,21,22). The van der Waals surface area contributed by atoms with Gasteiger partial charge in [0.05, 0.1) is 0 Å². The highest BCUT2D eigenvalue weighted by molar-refractivity contribution is 5.81. The molecule has 1 N–H and O–H groups in total. The number of rotatable bonds is 8. The molecule has 0 radical (unpaired) electrons. The predicted octanol–water partition coefficient (Wildman–Crippen LogP) is 2.96. The highest BCUT2D eigenvalue weighted by Gasteiger charge is 2.20. The number of carboxylic acids is 1. The van der Waals surface area contributed by atoms with Gasteiger partial charge in [-0.2, -0.15) is 0 Å². The molecule has 0 saturated carbocycles. The minimum absolute atomic E-state index is 0.0257. The second-order valence-electron chi connectivity index (χ2n) is 6.21. The molecule has 5 heteroatoms. The summed E-state index contributed by atoms with van der Waals surface area (Å²) < 4.78 is 13.2. The summed E-state index contributed by atoms with van der Waals surface area (Å²) in [6, 6.07) is 6.32. The Balaban J connectivity index is 2.61. The quantitative estimate of drug-likeness (QED) is 0.803. The van der Waals surface area contributed by atoms with Gasteiger partial charge in [-0.25, -0.2) is 4.39 Å². The number of carbonyl (C=O) groups is 2. The van der Waals surface area contributed by atoms with E-state index in [1.165, 1.54) is 17.0 Å². The molecule has 0 heterocycles. The van der Waals surface area contributed by atoms with Gasteiger partial charge in [-0.15, -0.1) is 0 Å². The highest BCUT2D eigenvalue weighted by Crippen LogP contribution is 2.15. The monoisotopic (exact) mass is 309 g/mol. The van der Waals surface area contributed by atoms with Gasteiger partial charge in [0.15, 0.2) is 0 Å². The molecule has 0 spiro atoms. The van der Waals surface area contributed by atoms with Crippen LogP contribution in [0.25, 0.3) is 0 Å². The Morgan fingerprint density at radius 3 is 2.50 bits per heavy atom. The second-order valence-corrected chi connectivity index (χ2v) is 6.21. The molecule has 0 aliphatic rings. The number of hydrogen-bond donors (Lipinski definition) is 1. The van der Waals surface area contributed by atoms with E-state index >= 15 is 0 Å². The molecule has 1 amide bonds. The van der Waals surface area contributed by atoms with Gasteiger partial charge in [-0.3, -0.25) is 9.59 Å². The van der Waals surface area contributed by atoms with Gasteiger partial charge >= 0.3 is 5.97 Å². The Kier molecular flexibility index (Phi) is 7.02. The third kappa shape index (κ3) is 6.70. The van der Waals surface area contributed by atoms with Crippen LogP contribution in [0.2, 0.25) is 0 Å². The van der Waals surface area contributed by atoms with Gasteiger partial charge in [0.1, 0.15) is 12.4 Å². The van der Waals surface area contributed by atoms with Crippen molar-refractivity contribution in [1.29, 1.82) is 0 Å². The summed E-state index contributed by atoms with van der Waals surface area (Å²) >= 11 is 0. The van der Waals surface area contributed by atoms with Crippen molar-refractivity contribution in [1.82, 2.24) is 4.90 Å². The zero-order chi connectivity index (χ0) is 16.7. The normalized spacial score (nSPS) is 12.2. The lowest BCUT2D eigenvalue weighted by Crippen LogP contribution is -2.39. The molecule has 1 rings (SSSR count). The fraction of sp³-hybridized carbons (Fsp3) is 0.529. The van der Waals surface area contributed by atoms with Gasteiger partial charge in [0.2, 0.25) is 5.91 Å². The van der Waals surface area contributed by atoms with Gasteiger partial charge in [0, 0.05) is 13.0 Å². The average molecular weight is 309 g/mol. The molecule has 4 nitrogen and oxygen atoms in total. The Labute approximate surface area is 130 Å². The van der Waals surface area contributed by atoms with Crippen LogP contribution < -0.4 is 0 Å². The summed E-state index contributed by atoms with van der Waals surface area (Å²) in [5, 5.41) is 8.91. The molecule has 0 saturated heterocycles. The maximum Gasteiger partial charge on any atom is 0.323 e. The first kappa shape index (κ1) is 18.1. The summed E-state index contributed by atoms with van der Waals surface area (Å²) in [6.45, 7) is 5.95. The summed E-state index contributed by atoms with van der Waals surface area (Å²) in [4.78, 5) is 24.5. The van der Waals surface area contributed by atoms with E-state index in [0.717, 1.165) is 5.56 Å². The molecule has 1 aromatic rings. The van der Waals surface area contributed by atoms with E-state index in [1.54, 1.807) is 6.07 Å². The van der Waals surface area contributed by atoms with Crippen LogP contribution in [-0.4, -0.2) is 35.0 Å². The van der Waals surface area contributed by atoms with Crippen LogP contribution in [-0.2, 0) is 16.0 Å². The lowest BCUT2D eigenvalue weighted by Gasteiger charge is -2.24. The third-order valence-electron chi connectivity index (χ3n) is 3.26. The molecular formula is C17H24FNO3. The summed E-state index contributed by atoms with van der Waals surface area (Å²) in [7, 11) is 0. The van der Waals surface area contributed by atoms with Crippen LogP contribution in [0.4, 0.5) is 4.39 Å². The molecule has 0 aromatic heterocycles. The molecule has 0 bridgehead atoms. The summed E-state index contributed by atoms with van der Waals surface area (Å²) in [6.07, 6.45) is 0.850. The topological polar surface area (TPSA) is 57.6 Å². The number of amides is 1. The molecule has 1 atom stereocenters. The van der Waals surface area contributed by atoms with E-state index in [4.69, 9.17) is 5.11 Å². The predicted molar refractivity (Wildman–Crippen MR) is 82.9 cm³/mol. The molecular weight excluding hydrogens is 285 g/mol. The van der Waals surface area contributed by atoms with E-state index in [0.29, 0.717) is 13.0 Å². The molecule has 1 aromatic carbocycles. The minimum atomic E-state index is -1.01. The number of halogens is 1. The van der Waals surface area contributed by atoms with Crippen molar-refractivity contribution >= 4 is 11.9 Å². The van der Waals surface area contributed by atoms with Crippen LogP contribution in [0.15, 0.2) is 24.3 Å². The Bertz CT molecular complexity index is 516. The maximum absolute atomic E-state index is 13.2. The van der Waals surface area contributed by atoms with Crippen molar-refractivity contribution in [2.24, 2.45) is 11.8 Å². The number of hydrogen-bond acceptors (Lipinski definition) is 2. The summed E-state index contributed by atoms with van der Waals surface area (Å²) in [5.41, 5.74) is 0.842. The Hall–Kier alpha value is -1.91. The van der Waals surface area contributed by atoms with E-state index in [1.807, 2.05) is 26.8 Å². The zero-order valence-electron chi connectivity index (χ0n) is 13.4. The third-order valence-corrected chi connectivity index (χ3v) is 3.26. The fourth-order valence-electron chi connectivity index (χ4n) is 2.42. The van der Waals surface area contributed by atoms with Gasteiger partial charge in [-0.05, 0) is 36.0 Å². The lowest BCUT2D eigenvalue weighted by molar-refractivity contribution is -0.145. The first-order valence-corrected chi connectivity index (χ1v) is 7.52. The van der Waals surface area contributed by atoms with Crippen molar-refractivity contribution in [2.75, 3.05) is 13.1 Å². The van der Waals surface area contributed by atoms with Crippen molar-refractivity contribution in [3.8, 4) is 0 Å². The van der Waals surface area contributed by atoms with Gasteiger partial charge < -0.3 is 10.0 Å². The van der Waals surface area contributed by atoms with Crippen LogP contribution >= 0.6 is 0 Å². The Morgan fingerprint density at radius 2 is 1.95 bits per heavy atom. The maximum atomic E-state index is 13.2. The van der Waals surface area contributed by atoms with Crippen LogP contribution in [0.1, 0.15) is 32.8 Å². The largest absolute Gasteiger partial charge is 0.480 e. The number of carbonyl (C=O) groups excluding carboxylic acids is 1. The molecule has 122 valence electrons. The lowest BCUT2D eigenvalue weighted by atomic mass is 9.97. The average Bonchev–Trinajstić information content (AvgIpc) is 2.36. The highest BCUT2D eigenvalue weighted by atomic mass is 19.1. The molecule has 22 heavy (non-hydrogen) atoms. The van der Waals surface area contributed by atoms with E-state index in [2.05, 4.69) is 0 Å². The first-order chi connectivity index (χ1) is 10.3. The van der Waals surface area contributed by atoms with Crippen LogP contribution in [0, 0.1) is 17.7 Å². The van der Waals surface area contributed by atoms with Crippen molar-refractivity contribution < 1.29 is 19.1 Å². The van der Waals surface area contributed by atoms with Crippen LogP contribution in [0.3, 0.4) is 0 Å². The SMILES string of the molecule is CC(C)CN(CC(=O)O)C(=O)CC(C)Cc1cccc(F)c1. The molecule has 0 fully saturated rings. The van der Waals surface area contributed by atoms with Crippen molar-refractivity contribution in [3.63, 3.8) is 0 Å². The number of aliphatic carboxylic acids is 1. The smallest absolute Gasteiger partial charge is 0.323 e. The summed E-state index contributed by atoms with van der Waals surface area (Å²) in [5.74, 6) is -1.23. The van der Waals surface area contributed by atoms with Crippen molar-refractivity contribution in [3.05, 3.63) is 35.6 Å². The second kappa shape index (κ2) is 8.51. The van der Waals surface area contributed by atoms with Gasteiger partial charge in [0.25, 0.3) is 0 Å². The van der Waals surface area contributed by atoms with Crippen LogP contribution in [0.5, 0.6) is 0 Å². The minimum Gasteiger partial charge on any atom is -0.480 e. The van der Waals surface area contributed by atoms with E-state index in [-0.39, 0.29) is 36.5 Å². The van der Waals surface area contributed by atoms with E-state index < -0.39 is 5.97 Å². The number of nitrogens with zero attached hydrogens (tertiary/aromatic N) is 1. The van der Waals surface area contributed by atoms with Crippen molar-refractivity contribution in [2.45, 2.75) is 33.6 Å². The molecule has 0 aliphatic heterocycles. The Morgan fingerprint density at radius 1 is 1.27 bits per heavy atom. The molecule has 0 aliphatic carbocycles. The number of benzene rings is 1. The zero-order valence-corrected chi connectivity index (χ0v) is 13.4. The fourth-order valence-corrected chi connectivity index (χ4v) is 2.42. The van der Waals surface area contributed by atoms with Gasteiger partial charge in [-0.1, -0.05) is 32.9 Å². The van der Waals surface area contributed by atoms with E-state index in [9.17, 15) is 14.0 Å². The molecule has 1 unspecified atom stereocenters. The number of carboxylic acid groups (broad SMARTS) is 1.